The number of hydrogen-bond donors (Lipinski definition) is 2. The van der Waals surface area contributed by atoms with E-state index < -0.39 is 0 Å². The maximum Gasteiger partial charge on any atom is 0.103 e. The Labute approximate surface area is 130 Å². The van der Waals surface area contributed by atoms with E-state index >= 15 is 0 Å². The third-order valence-corrected chi connectivity index (χ3v) is 6.34. The van der Waals surface area contributed by atoms with E-state index in [1.165, 1.54) is 32.3 Å². The number of thiophene rings is 2. The lowest BCUT2D eigenvalue weighted by atomic mass is 9.74. The van der Waals surface area contributed by atoms with Crippen molar-refractivity contribution in [3.05, 3.63) is 82.1 Å². The maximum atomic E-state index is 3.46. The summed E-state index contributed by atoms with van der Waals surface area (Å²) in [4.78, 5) is 9.73. The first-order valence-electron chi connectivity index (χ1n) is 6.86. The number of hydrogen-bond acceptors (Lipinski definition) is 2. The van der Waals surface area contributed by atoms with Crippen molar-refractivity contribution in [3.8, 4) is 9.75 Å². The van der Waals surface area contributed by atoms with Crippen LogP contribution in [0.4, 0.5) is 0 Å². The van der Waals surface area contributed by atoms with Crippen LogP contribution in [0.3, 0.4) is 0 Å². The molecule has 0 unspecified atom stereocenters. The van der Waals surface area contributed by atoms with Crippen molar-refractivity contribution in [1.82, 2.24) is 9.97 Å². The first-order chi connectivity index (χ1) is 10.4. The molecule has 0 saturated heterocycles. The minimum Gasteiger partial charge on any atom is -0.364 e. The molecular formula is C17H12N2S2. The lowest BCUT2D eigenvalue weighted by Crippen LogP contribution is -2.28. The highest BCUT2D eigenvalue weighted by Crippen LogP contribution is 2.58. The molecule has 0 saturated carbocycles. The molecule has 0 radical (unpaired) electrons. The molecule has 0 atom stereocenters. The molecule has 1 aliphatic rings. The van der Waals surface area contributed by atoms with Crippen LogP contribution in [0.15, 0.2) is 59.6 Å². The maximum absolute atomic E-state index is 3.46. The summed E-state index contributed by atoms with van der Waals surface area (Å²) in [6.45, 7) is 0. The van der Waals surface area contributed by atoms with Gasteiger partial charge in [0.1, 0.15) is 5.41 Å². The Bertz CT molecular complexity index is 818. The van der Waals surface area contributed by atoms with E-state index in [4.69, 9.17) is 0 Å². The average molecular weight is 308 g/mol. The summed E-state index contributed by atoms with van der Waals surface area (Å²) in [6.07, 6.45) is 4.02. The lowest BCUT2D eigenvalue weighted by molar-refractivity contribution is 0.721. The van der Waals surface area contributed by atoms with Crippen LogP contribution < -0.4 is 0 Å². The Morgan fingerprint density at radius 3 is 1.67 bits per heavy atom. The number of H-pyrrole nitrogens is 2. The fourth-order valence-corrected chi connectivity index (χ4v) is 5.66. The highest BCUT2D eigenvalue weighted by Gasteiger charge is 2.49. The smallest absolute Gasteiger partial charge is 0.103 e. The molecule has 2 nitrogen and oxygen atoms in total. The van der Waals surface area contributed by atoms with Gasteiger partial charge in [0.05, 0.1) is 0 Å². The summed E-state index contributed by atoms with van der Waals surface area (Å²) in [6, 6.07) is 13.1. The number of rotatable bonds is 2. The van der Waals surface area contributed by atoms with Crippen molar-refractivity contribution in [2.24, 2.45) is 0 Å². The van der Waals surface area contributed by atoms with E-state index in [0.29, 0.717) is 0 Å². The van der Waals surface area contributed by atoms with Crippen molar-refractivity contribution in [2.75, 3.05) is 0 Å². The van der Waals surface area contributed by atoms with Crippen molar-refractivity contribution < 1.29 is 0 Å². The molecule has 102 valence electrons. The third-order valence-electron chi connectivity index (χ3n) is 4.35. The summed E-state index contributed by atoms with van der Waals surface area (Å²) in [5.41, 5.74) is 5.00. The van der Waals surface area contributed by atoms with Gasteiger partial charge in [-0.15, -0.1) is 22.7 Å². The van der Waals surface area contributed by atoms with E-state index in [9.17, 15) is 0 Å². The van der Waals surface area contributed by atoms with Crippen molar-refractivity contribution in [3.63, 3.8) is 0 Å². The molecule has 0 spiro atoms. The van der Waals surface area contributed by atoms with Crippen LogP contribution >= 0.6 is 22.7 Å². The molecular weight excluding hydrogens is 296 g/mol. The first kappa shape index (κ1) is 11.6. The van der Waals surface area contributed by atoms with Crippen LogP contribution in [0.5, 0.6) is 0 Å². The van der Waals surface area contributed by atoms with Gasteiger partial charge in [-0.1, -0.05) is 0 Å². The zero-order valence-electron chi connectivity index (χ0n) is 11.1. The normalized spacial score (nSPS) is 15.0. The van der Waals surface area contributed by atoms with Crippen LogP contribution in [0.25, 0.3) is 9.75 Å². The van der Waals surface area contributed by atoms with Gasteiger partial charge in [-0.2, -0.15) is 0 Å². The van der Waals surface area contributed by atoms with Gasteiger partial charge in [0.2, 0.25) is 0 Å². The molecule has 0 fully saturated rings. The second-order valence-electron chi connectivity index (χ2n) is 5.24. The zero-order valence-corrected chi connectivity index (χ0v) is 12.7. The SMILES string of the molecule is c1c[nH]c(C2(c3ccc[nH]3)c3ccsc3-c3sccc32)c1. The molecule has 4 heteroatoms. The van der Waals surface area contributed by atoms with E-state index in [-0.39, 0.29) is 5.41 Å². The molecule has 4 heterocycles. The standard InChI is InChI=1S/C17H12N2S2/c1-3-13(18-7-1)17(14-4-2-8-19-14)11-5-9-20-15(11)16-12(17)6-10-21-16/h1-10,18-19H. The molecule has 4 aromatic heterocycles. The van der Waals surface area contributed by atoms with Crippen LogP contribution in [0, 0.1) is 0 Å². The molecule has 2 N–H and O–H groups in total. The number of fused-ring (bicyclic) bond motifs is 3. The van der Waals surface area contributed by atoms with Gasteiger partial charge in [-0.05, 0) is 58.3 Å². The molecule has 5 rings (SSSR count). The quantitative estimate of drug-likeness (QED) is 0.468. The molecule has 0 aromatic carbocycles. The Morgan fingerprint density at radius 1 is 0.714 bits per heavy atom. The van der Waals surface area contributed by atoms with Crippen LogP contribution in [0.2, 0.25) is 0 Å². The Hall–Kier alpha value is -2.04. The minimum absolute atomic E-state index is 0.225. The number of aromatic nitrogens is 2. The molecule has 0 amide bonds. The summed E-state index contributed by atoms with van der Waals surface area (Å²) in [7, 11) is 0. The third kappa shape index (κ3) is 1.27. The Balaban J connectivity index is 1.98. The fourth-order valence-electron chi connectivity index (χ4n) is 3.56. The summed E-state index contributed by atoms with van der Waals surface area (Å²) in [5, 5.41) is 4.40. The monoisotopic (exact) mass is 308 g/mol. The largest absolute Gasteiger partial charge is 0.364 e. The van der Waals surface area contributed by atoms with E-state index in [0.717, 1.165) is 0 Å². The van der Waals surface area contributed by atoms with Gasteiger partial charge in [0.25, 0.3) is 0 Å². The molecule has 0 aliphatic heterocycles. The topological polar surface area (TPSA) is 31.6 Å². The molecule has 1 aliphatic carbocycles. The predicted octanol–water partition coefficient (Wildman–Crippen LogP) is 4.83. The van der Waals surface area contributed by atoms with Gasteiger partial charge in [-0.25, -0.2) is 0 Å². The van der Waals surface area contributed by atoms with E-state index in [1.807, 2.05) is 35.1 Å². The second-order valence-corrected chi connectivity index (χ2v) is 7.08. The fraction of sp³-hybridized carbons (Fsp3) is 0.0588. The van der Waals surface area contributed by atoms with E-state index in [2.05, 4.69) is 57.1 Å². The van der Waals surface area contributed by atoms with Gasteiger partial charge < -0.3 is 9.97 Å². The minimum atomic E-state index is -0.225. The average Bonchev–Trinajstić information content (AvgIpc) is 3.29. The van der Waals surface area contributed by atoms with Crippen LogP contribution in [0.1, 0.15) is 22.5 Å². The van der Waals surface area contributed by atoms with Gasteiger partial charge in [-0.3, -0.25) is 0 Å². The van der Waals surface area contributed by atoms with Crippen molar-refractivity contribution in [2.45, 2.75) is 5.41 Å². The lowest BCUT2D eigenvalue weighted by Gasteiger charge is -2.29. The highest BCUT2D eigenvalue weighted by atomic mass is 32.1. The van der Waals surface area contributed by atoms with Crippen molar-refractivity contribution >= 4 is 22.7 Å². The molecule has 0 bridgehead atoms. The molecule has 21 heavy (non-hydrogen) atoms. The summed E-state index contributed by atoms with van der Waals surface area (Å²) in [5.74, 6) is 0. The summed E-state index contributed by atoms with van der Waals surface area (Å²) >= 11 is 3.68. The van der Waals surface area contributed by atoms with Gasteiger partial charge >= 0.3 is 0 Å². The van der Waals surface area contributed by atoms with E-state index in [1.54, 1.807) is 0 Å². The zero-order chi connectivity index (χ0) is 13.9. The molecule has 4 aromatic rings. The number of aromatic amines is 2. The first-order valence-corrected chi connectivity index (χ1v) is 8.62. The van der Waals surface area contributed by atoms with Gasteiger partial charge in [0, 0.05) is 33.5 Å². The van der Waals surface area contributed by atoms with Crippen LogP contribution in [-0.4, -0.2) is 9.97 Å². The Kier molecular flexibility index (Phi) is 2.21. The van der Waals surface area contributed by atoms with Gasteiger partial charge in [0.15, 0.2) is 0 Å². The van der Waals surface area contributed by atoms with Crippen molar-refractivity contribution in [1.29, 1.82) is 0 Å². The summed E-state index contributed by atoms with van der Waals surface area (Å²) < 4.78 is 0. The number of nitrogens with one attached hydrogen (secondary N) is 2. The predicted molar refractivity (Wildman–Crippen MR) is 88.2 cm³/mol. The highest BCUT2D eigenvalue weighted by molar-refractivity contribution is 7.21. The Morgan fingerprint density at radius 2 is 1.24 bits per heavy atom. The van der Waals surface area contributed by atoms with Crippen LogP contribution in [-0.2, 0) is 5.41 Å². The second kappa shape index (κ2) is 4.00.